The first-order chi connectivity index (χ1) is 11.0. The lowest BCUT2D eigenvalue weighted by Gasteiger charge is -2.08. The number of benzene rings is 2. The van der Waals surface area contributed by atoms with E-state index in [9.17, 15) is 14.0 Å². The molecule has 23 heavy (non-hydrogen) atoms. The molecule has 3 aromatic rings. The Hall–Kier alpha value is -2.89. The molecule has 1 heterocycles. The van der Waals surface area contributed by atoms with Crippen molar-refractivity contribution in [1.29, 1.82) is 0 Å². The number of anilines is 1. The first-order valence-corrected chi connectivity index (χ1v) is 7.17. The Morgan fingerprint density at radius 3 is 2.57 bits per heavy atom. The van der Waals surface area contributed by atoms with E-state index < -0.39 is 11.7 Å². The highest BCUT2D eigenvalue weighted by molar-refractivity contribution is 5.91. The molecule has 6 heteroatoms. The third kappa shape index (κ3) is 2.75. The standard InChI is InChI=1S/C17H16FN3O2/c1-11-7-8-13(12(18)9-11)19-16(22)10-21-15-6-4-3-5-14(15)20(2)17(21)23/h3-9H,10H2,1-2H3,(H,19,22). The van der Waals surface area contributed by atoms with E-state index in [1.165, 1.54) is 21.3 Å². The highest BCUT2D eigenvalue weighted by Crippen LogP contribution is 2.16. The van der Waals surface area contributed by atoms with Gasteiger partial charge in [-0.15, -0.1) is 0 Å². The van der Waals surface area contributed by atoms with Gasteiger partial charge in [0.2, 0.25) is 5.91 Å². The van der Waals surface area contributed by atoms with Crippen molar-refractivity contribution in [3.8, 4) is 0 Å². The van der Waals surface area contributed by atoms with Gasteiger partial charge in [-0.3, -0.25) is 13.9 Å². The van der Waals surface area contributed by atoms with Gasteiger partial charge in [-0.25, -0.2) is 9.18 Å². The number of aromatic nitrogens is 2. The van der Waals surface area contributed by atoms with Gasteiger partial charge < -0.3 is 5.32 Å². The number of imidazole rings is 1. The van der Waals surface area contributed by atoms with Crippen LogP contribution in [0.4, 0.5) is 10.1 Å². The van der Waals surface area contributed by atoms with Gasteiger partial charge in [-0.1, -0.05) is 18.2 Å². The molecular formula is C17H16FN3O2. The van der Waals surface area contributed by atoms with Crippen molar-refractivity contribution >= 4 is 22.6 Å². The van der Waals surface area contributed by atoms with Crippen LogP contribution < -0.4 is 11.0 Å². The minimum absolute atomic E-state index is 0.105. The van der Waals surface area contributed by atoms with Crippen LogP contribution in [0.15, 0.2) is 47.3 Å². The molecule has 0 saturated heterocycles. The Morgan fingerprint density at radius 1 is 1.17 bits per heavy atom. The summed E-state index contributed by atoms with van der Waals surface area (Å²) in [7, 11) is 1.65. The molecule has 1 aromatic heterocycles. The van der Waals surface area contributed by atoms with E-state index >= 15 is 0 Å². The summed E-state index contributed by atoms with van der Waals surface area (Å²) in [6.07, 6.45) is 0. The molecule has 0 aliphatic carbocycles. The fourth-order valence-electron chi connectivity index (χ4n) is 2.57. The van der Waals surface area contributed by atoms with Gasteiger partial charge in [0.25, 0.3) is 0 Å². The van der Waals surface area contributed by atoms with Crippen LogP contribution in [0.5, 0.6) is 0 Å². The zero-order valence-corrected chi connectivity index (χ0v) is 12.8. The first-order valence-electron chi connectivity index (χ1n) is 7.17. The highest BCUT2D eigenvalue weighted by Gasteiger charge is 2.14. The lowest BCUT2D eigenvalue weighted by atomic mass is 10.2. The van der Waals surface area contributed by atoms with Crippen LogP contribution in [0, 0.1) is 12.7 Å². The molecule has 2 aromatic carbocycles. The minimum atomic E-state index is -0.497. The number of halogens is 1. The summed E-state index contributed by atoms with van der Waals surface area (Å²) in [4.78, 5) is 24.4. The van der Waals surface area contributed by atoms with Gasteiger partial charge in [0.05, 0.1) is 16.7 Å². The van der Waals surface area contributed by atoms with Gasteiger partial charge >= 0.3 is 5.69 Å². The molecule has 0 saturated carbocycles. The number of nitrogens with zero attached hydrogens (tertiary/aromatic N) is 2. The van der Waals surface area contributed by atoms with Gasteiger partial charge in [0.1, 0.15) is 12.4 Å². The van der Waals surface area contributed by atoms with Crippen molar-refractivity contribution in [1.82, 2.24) is 9.13 Å². The monoisotopic (exact) mass is 313 g/mol. The molecule has 0 aliphatic rings. The number of carbonyl (C=O) groups is 1. The molecule has 0 radical (unpaired) electrons. The van der Waals surface area contributed by atoms with Crippen molar-refractivity contribution in [2.45, 2.75) is 13.5 Å². The van der Waals surface area contributed by atoms with Crippen LogP contribution >= 0.6 is 0 Å². The van der Waals surface area contributed by atoms with Crippen LogP contribution in [-0.2, 0) is 18.4 Å². The Morgan fingerprint density at radius 2 is 1.87 bits per heavy atom. The first kappa shape index (κ1) is 15.0. The fraction of sp³-hybridized carbons (Fsp3) is 0.176. The molecule has 0 atom stereocenters. The number of para-hydroxylation sites is 2. The topological polar surface area (TPSA) is 56.0 Å². The Balaban J connectivity index is 1.89. The van der Waals surface area contributed by atoms with E-state index in [1.54, 1.807) is 32.2 Å². The predicted molar refractivity (Wildman–Crippen MR) is 86.9 cm³/mol. The normalized spacial score (nSPS) is 10.9. The highest BCUT2D eigenvalue weighted by atomic mass is 19.1. The molecule has 1 N–H and O–H groups in total. The zero-order valence-electron chi connectivity index (χ0n) is 12.8. The summed E-state index contributed by atoms with van der Waals surface area (Å²) in [5.41, 5.74) is 2.00. The molecule has 1 amide bonds. The molecule has 118 valence electrons. The van der Waals surface area contributed by atoms with Crippen molar-refractivity contribution < 1.29 is 9.18 Å². The Kier molecular flexibility index (Phi) is 3.73. The number of nitrogens with one attached hydrogen (secondary N) is 1. The number of carbonyl (C=O) groups excluding carboxylic acids is 1. The second-order valence-corrected chi connectivity index (χ2v) is 5.45. The Labute approximate surface area is 132 Å². The summed E-state index contributed by atoms with van der Waals surface area (Å²) in [5, 5.41) is 2.50. The lowest BCUT2D eigenvalue weighted by molar-refractivity contribution is -0.116. The smallest absolute Gasteiger partial charge is 0.322 e. The number of amides is 1. The summed E-state index contributed by atoms with van der Waals surface area (Å²) in [6, 6.07) is 11.8. The van der Waals surface area contributed by atoms with Gasteiger partial charge in [0.15, 0.2) is 0 Å². The number of hydrogen-bond acceptors (Lipinski definition) is 2. The fourth-order valence-corrected chi connectivity index (χ4v) is 2.57. The van der Waals surface area contributed by atoms with Crippen molar-refractivity contribution in [3.05, 3.63) is 64.3 Å². The molecule has 0 spiro atoms. The van der Waals surface area contributed by atoms with E-state index in [-0.39, 0.29) is 17.9 Å². The maximum atomic E-state index is 13.8. The van der Waals surface area contributed by atoms with Crippen molar-refractivity contribution in [2.75, 3.05) is 5.32 Å². The maximum Gasteiger partial charge on any atom is 0.329 e. The van der Waals surface area contributed by atoms with Gasteiger partial charge in [-0.2, -0.15) is 0 Å². The molecule has 0 aliphatic heterocycles. The van der Waals surface area contributed by atoms with E-state index in [0.29, 0.717) is 5.52 Å². The number of rotatable bonds is 3. The van der Waals surface area contributed by atoms with Crippen LogP contribution in [-0.4, -0.2) is 15.0 Å². The summed E-state index contributed by atoms with van der Waals surface area (Å²) < 4.78 is 16.7. The van der Waals surface area contributed by atoms with Crippen molar-refractivity contribution in [3.63, 3.8) is 0 Å². The largest absolute Gasteiger partial charge is 0.329 e. The third-order valence-electron chi connectivity index (χ3n) is 3.75. The number of hydrogen-bond donors (Lipinski definition) is 1. The average molecular weight is 313 g/mol. The zero-order chi connectivity index (χ0) is 16.6. The maximum absolute atomic E-state index is 13.8. The minimum Gasteiger partial charge on any atom is -0.322 e. The van der Waals surface area contributed by atoms with Crippen LogP contribution in [0.1, 0.15) is 5.56 Å². The lowest BCUT2D eigenvalue weighted by Crippen LogP contribution is -2.28. The summed E-state index contributed by atoms with van der Waals surface area (Å²) >= 11 is 0. The average Bonchev–Trinajstić information content (AvgIpc) is 2.76. The molecule has 0 unspecified atom stereocenters. The SMILES string of the molecule is Cc1ccc(NC(=O)Cn2c(=O)n(C)c3ccccc32)c(F)c1. The third-order valence-corrected chi connectivity index (χ3v) is 3.75. The van der Waals surface area contributed by atoms with Crippen molar-refractivity contribution in [2.24, 2.45) is 7.05 Å². The predicted octanol–water partition coefficient (Wildman–Crippen LogP) is 2.43. The molecular weight excluding hydrogens is 297 g/mol. The van der Waals surface area contributed by atoms with Gasteiger partial charge in [-0.05, 0) is 36.8 Å². The van der Waals surface area contributed by atoms with Crippen LogP contribution in [0.3, 0.4) is 0 Å². The quantitative estimate of drug-likeness (QED) is 0.807. The molecule has 5 nitrogen and oxygen atoms in total. The van der Waals surface area contributed by atoms with Crippen LogP contribution in [0.25, 0.3) is 11.0 Å². The molecule has 0 bridgehead atoms. The van der Waals surface area contributed by atoms with E-state index in [1.807, 2.05) is 12.1 Å². The van der Waals surface area contributed by atoms with E-state index in [4.69, 9.17) is 0 Å². The van der Waals surface area contributed by atoms with E-state index in [2.05, 4.69) is 5.32 Å². The number of fused-ring (bicyclic) bond motifs is 1. The van der Waals surface area contributed by atoms with Crippen LogP contribution in [0.2, 0.25) is 0 Å². The summed E-state index contributed by atoms with van der Waals surface area (Å²) in [6.45, 7) is 1.60. The molecule has 0 fully saturated rings. The second-order valence-electron chi connectivity index (χ2n) is 5.45. The van der Waals surface area contributed by atoms with Gasteiger partial charge in [0, 0.05) is 7.05 Å². The summed E-state index contributed by atoms with van der Waals surface area (Å²) in [5.74, 6) is -0.949. The van der Waals surface area contributed by atoms with E-state index in [0.717, 1.165) is 11.1 Å². The molecule has 3 rings (SSSR count). The second kappa shape index (κ2) is 5.72. The number of aryl methyl sites for hydroxylation is 2. The Bertz CT molecular complexity index is 956.